The fraction of sp³-hybridized carbons (Fsp3) is 1.00. The molecule has 18 heavy (non-hydrogen) atoms. The molecule has 0 aromatic heterocycles. The first-order chi connectivity index (χ1) is 8.76. The minimum Gasteiger partial charge on any atom is -0.179 e. The Morgan fingerprint density at radius 2 is 1.78 bits per heavy atom. The molecule has 0 heterocycles. The van der Waals surface area contributed by atoms with Gasteiger partial charge in [0.25, 0.3) is 0 Å². The minimum atomic E-state index is 0.954. The van der Waals surface area contributed by atoms with E-state index in [1.807, 2.05) is 0 Å². The lowest BCUT2D eigenvalue weighted by Gasteiger charge is -2.18. The highest BCUT2D eigenvalue weighted by Crippen LogP contribution is 2.31. The Kier molecular flexibility index (Phi) is 9.27. The predicted octanol–water partition coefficient (Wildman–Crippen LogP) is 6.11. The molecule has 2 atom stereocenters. The Labute approximate surface area is 121 Å². The molecule has 1 heteroatoms. The third kappa shape index (κ3) is 7.07. The highest BCUT2D eigenvalue weighted by Gasteiger charge is 2.16. The summed E-state index contributed by atoms with van der Waals surface area (Å²) >= 11 is 4.33. The van der Waals surface area contributed by atoms with Crippen molar-refractivity contribution >= 4 is 12.6 Å². The normalized spacial score (nSPS) is 20.2. The van der Waals surface area contributed by atoms with Crippen LogP contribution in [-0.4, -0.2) is 5.75 Å². The second-order valence-corrected chi connectivity index (χ2v) is 7.00. The molecule has 0 aromatic rings. The van der Waals surface area contributed by atoms with E-state index < -0.39 is 0 Å². The van der Waals surface area contributed by atoms with Gasteiger partial charge in [-0.05, 0) is 36.3 Å². The summed E-state index contributed by atoms with van der Waals surface area (Å²) in [6.45, 7) is 4.83. The van der Waals surface area contributed by atoms with Crippen LogP contribution in [-0.2, 0) is 0 Å². The van der Waals surface area contributed by atoms with Crippen LogP contribution in [0.25, 0.3) is 0 Å². The van der Waals surface area contributed by atoms with E-state index in [-0.39, 0.29) is 0 Å². The van der Waals surface area contributed by atoms with Gasteiger partial charge in [0.1, 0.15) is 0 Å². The molecule has 0 aromatic carbocycles. The topological polar surface area (TPSA) is 0 Å². The third-order valence-electron chi connectivity index (χ3n) is 4.96. The van der Waals surface area contributed by atoms with E-state index in [0.29, 0.717) is 0 Å². The summed E-state index contributed by atoms with van der Waals surface area (Å²) in [4.78, 5) is 0. The molecule has 0 aliphatic heterocycles. The quantitative estimate of drug-likeness (QED) is 0.455. The summed E-state index contributed by atoms with van der Waals surface area (Å²) in [5.41, 5.74) is 0. The summed E-state index contributed by atoms with van der Waals surface area (Å²) in [6.07, 6.45) is 16.0. The van der Waals surface area contributed by atoms with Gasteiger partial charge in [0.2, 0.25) is 0 Å². The minimum absolute atomic E-state index is 0.954. The SMILES string of the molecule is CCC(CCCS)CCC(C)CCC1CCCC1. The van der Waals surface area contributed by atoms with E-state index >= 15 is 0 Å². The Hall–Kier alpha value is 0.350. The third-order valence-corrected chi connectivity index (χ3v) is 5.27. The maximum Gasteiger partial charge on any atom is -0.00978 e. The monoisotopic (exact) mass is 270 g/mol. The molecule has 1 aliphatic carbocycles. The van der Waals surface area contributed by atoms with E-state index in [9.17, 15) is 0 Å². The molecule has 0 amide bonds. The summed E-state index contributed by atoms with van der Waals surface area (Å²) in [5, 5.41) is 0. The molecule has 0 radical (unpaired) electrons. The number of hydrogen-bond acceptors (Lipinski definition) is 1. The number of rotatable bonds is 10. The van der Waals surface area contributed by atoms with E-state index in [1.165, 1.54) is 70.6 Å². The molecule has 0 nitrogen and oxygen atoms in total. The maximum absolute atomic E-state index is 4.33. The van der Waals surface area contributed by atoms with Crippen LogP contribution in [0.5, 0.6) is 0 Å². The van der Waals surface area contributed by atoms with E-state index in [0.717, 1.165) is 23.5 Å². The smallest absolute Gasteiger partial charge is 0.00978 e. The van der Waals surface area contributed by atoms with Crippen LogP contribution in [0.2, 0.25) is 0 Å². The second kappa shape index (κ2) is 10.2. The molecule has 0 saturated heterocycles. The zero-order chi connectivity index (χ0) is 13.2. The van der Waals surface area contributed by atoms with Gasteiger partial charge in [0.15, 0.2) is 0 Å². The van der Waals surface area contributed by atoms with Crippen molar-refractivity contribution in [3.8, 4) is 0 Å². The first kappa shape index (κ1) is 16.4. The van der Waals surface area contributed by atoms with Crippen LogP contribution in [0.15, 0.2) is 0 Å². The van der Waals surface area contributed by atoms with Crippen LogP contribution in [0.3, 0.4) is 0 Å². The fourth-order valence-electron chi connectivity index (χ4n) is 3.42. The van der Waals surface area contributed by atoms with Gasteiger partial charge in [0.05, 0.1) is 0 Å². The van der Waals surface area contributed by atoms with Crippen molar-refractivity contribution in [3.05, 3.63) is 0 Å². The van der Waals surface area contributed by atoms with Gasteiger partial charge >= 0.3 is 0 Å². The van der Waals surface area contributed by atoms with Gasteiger partial charge in [-0.25, -0.2) is 0 Å². The first-order valence-corrected chi connectivity index (χ1v) is 9.00. The Morgan fingerprint density at radius 3 is 2.39 bits per heavy atom. The summed E-state index contributed by atoms with van der Waals surface area (Å²) in [7, 11) is 0. The van der Waals surface area contributed by atoms with Crippen molar-refractivity contribution < 1.29 is 0 Å². The van der Waals surface area contributed by atoms with Crippen LogP contribution in [0, 0.1) is 17.8 Å². The first-order valence-electron chi connectivity index (χ1n) is 8.37. The largest absolute Gasteiger partial charge is 0.179 e. The molecule has 1 rings (SSSR count). The van der Waals surface area contributed by atoms with Gasteiger partial charge in [0, 0.05) is 0 Å². The van der Waals surface area contributed by atoms with Crippen LogP contribution in [0.1, 0.15) is 84.5 Å². The maximum atomic E-state index is 4.33. The van der Waals surface area contributed by atoms with Crippen LogP contribution < -0.4 is 0 Å². The highest BCUT2D eigenvalue weighted by atomic mass is 32.1. The van der Waals surface area contributed by atoms with Crippen molar-refractivity contribution in [3.63, 3.8) is 0 Å². The van der Waals surface area contributed by atoms with Crippen molar-refractivity contribution in [2.45, 2.75) is 84.5 Å². The van der Waals surface area contributed by atoms with Gasteiger partial charge in [-0.1, -0.05) is 71.6 Å². The lowest BCUT2D eigenvalue weighted by Crippen LogP contribution is -2.05. The van der Waals surface area contributed by atoms with E-state index in [1.54, 1.807) is 0 Å². The standard InChI is InChI=1S/C17H34S/c1-3-16(9-6-14-18)12-10-15(2)11-13-17-7-4-5-8-17/h15-18H,3-14H2,1-2H3. The van der Waals surface area contributed by atoms with E-state index in [2.05, 4.69) is 26.5 Å². The van der Waals surface area contributed by atoms with Gasteiger partial charge in [-0.3, -0.25) is 0 Å². The summed E-state index contributed by atoms with van der Waals surface area (Å²) in [5.74, 6) is 4.06. The number of hydrogen-bond donors (Lipinski definition) is 1. The van der Waals surface area contributed by atoms with Crippen molar-refractivity contribution in [2.75, 3.05) is 5.75 Å². The van der Waals surface area contributed by atoms with Crippen molar-refractivity contribution in [1.82, 2.24) is 0 Å². The lowest BCUT2D eigenvalue weighted by molar-refractivity contribution is 0.344. The Morgan fingerprint density at radius 1 is 1.06 bits per heavy atom. The van der Waals surface area contributed by atoms with Gasteiger partial charge in [-0.2, -0.15) is 12.6 Å². The lowest BCUT2D eigenvalue weighted by atomic mass is 9.88. The molecule has 1 saturated carbocycles. The molecular weight excluding hydrogens is 236 g/mol. The predicted molar refractivity (Wildman–Crippen MR) is 86.5 cm³/mol. The average molecular weight is 271 g/mol. The molecule has 108 valence electrons. The molecule has 1 fully saturated rings. The Balaban J connectivity index is 2.04. The van der Waals surface area contributed by atoms with Crippen molar-refractivity contribution in [1.29, 1.82) is 0 Å². The molecule has 2 unspecified atom stereocenters. The summed E-state index contributed by atoms with van der Waals surface area (Å²) in [6, 6.07) is 0. The van der Waals surface area contributed by atoms with Gasteiger partial charge < -0.3 is 0 Å². The zero-order valence-corrected chi connectivity index (χ0v) is 13.6. The highest BCUT2D eigenvalue weighted by molar-refractivity contribution is 7.80. The average Bonchev–Trinajstić information content (AvgIpc) is 2.89. The van der Waals surface area contributed by atoms with Crippen LogP contribution >= 0.6 is 12.6 Å². The van der Waals surface area contributed by atoms with Gasteiger partial charge in [-0.15, -0.1) is 0 Å². The molecular formula is C17H34S. The zero-order valence-electron chi connectivity index (χ0n) is 12.7. The fourth-order valence-corrected chi connectivity index (χ4v) is 3.60. The molecule has 0 bridgehead atoms. The summed E-state index contributed by atoms with van der Waals surface area (Å²) < 4.78 is 0. The van der Waals surface area contributed by atoms with E-state index in [4.69, 9.17) is 0 Å². The molecule has 1 aliphatic rings. The number of thiol groups is 1. The second-order valence-electron chi connectivity index (χ2n) is 6.55. The molecule has 0 N–H and O–H groups in total. The van der Waals surface area contributed by atoms with Crippen molar-refractivity contribution in [2.24, 2.45) is 17.8 Å². The molecule has 0 spiro atoms. The Bertz CT molecular complexity index is 184. The van der Waals surface area contributed by atoms with Crippen LogP contribution in [0.4, 0.5) is 0 Å².